The lowest BCUT2D eigenvalue weighted by Gasteiger charge is -2.38. The van der Waals surface area contributed by atoms with Crippen LogP contribution in [-0.2, 0) is 0 Å². The van der Waals surface area contributed by atoms with E-state index in [1.54, 1.807) is 4.68 Å². The Hall–Kier alpha value is -2.86. The molecule has 0 radical (unpaired) electrons. The highest BCUT2D eigenvalue weighted by Crippen LogP contribution is 2.28. The molecule has 3 aromatic rings. The van der Waals surface area contributed by atoms with Crippen molar-refractivity contribution in [2.75, 3.05) is 36.8 Å². The first-order valence-corrected chi connectivity index (χ1v) is 9.71. The number of nitrogens with two attached hydrogens (primary N) is 1. The Morgan fingerprint density at radius 1 is 1.00 bits per heavy atom. The first kappa shape index (κ1) is 17.3. The van der Waals surface area contributed by atoms with Crippen LogP contribution in [0.2, 0.25) is 0 Å². The number of rotatable bonds is 4. The molecular weight excluding hydrogens is 348 g/mol. The molecule has 0 amide bonds. The van der Waals surface area contributed by atoms with Crippen LogP contribution >= 0.6 is 0 Å². The van der Waals surface area contributed by atoms with Gasteiger partial charge in [-0.05, 0) is 56.7 Å². The van der Waals surface area contributed by atoms with Crippen LogP contribution in [0.3, 0.4) is 0 Å². The SMILES string of the molecule is [2H]C(C)(C)N1CCN(c2cc(C)cc(-c3nc(N)nn3-c3ccccc3)c2)CC1. The van der Waals surface area contributed by atoms with Gasteiger partial charge in [0.1, 0.15) is 0 Å². The second-order valence-electron chi connectivity index (χ2n) is 7.52. The molecule has 146 valence electrons. The Morgan fingerprint density at radius 2 is 1.71 bits per heavy atom. The zero-order chi connectivity index (χ0) is 20.6. The van der Waals surface area contributed by atoms with Gasteiger partial charge in [0.15, 0.2) is 5.82 Å². The van der Waals surface area contributed by atoms with Crippen molar-refractivity contribution in [1.29, 1.82) is 0 Å². The van der Waals surface area contributed by atoms with Gasteiger partial charge in [-0.2, -0.15) is 4.98 Å². The van der Waals surface area contributed by atoms with Gasteiger partial charge in [0.2, 0.25) is 5.95 Å². The predicted octanol–water partition coefficient (Wildman–Crippen LogP) is 3.36. The van der Waals surface area contributed by atoms with E-state index in [0.29, 0.717) is 0 Å². The average Bonchev–Trinajstić information content (AvgIpc) is 3.09. The summed E-state index contributed by atoms with van der Waals surface area (Å²) in [4.78, 5) is 9.10. The van der Waals surface area contributed by atoms with Gasteiger partial charge in [0, 0.05) is 44.8 Å². The Bertz CT molecular complexity index is 984. The maximum Gasteiger partial charge on any atom is 0.240 e. The molecule has 0 atom stereocenters. The number of hydrogen-bond acceptors (Lipinski definition) is 5. The number of nitrogens with zero attached hydrogens (tertiary/aromatic N) is 5. The van der Waals surface area contributed by atoms with Gasteiger partial charge in [-0.25, -0.2) is 4.68 Å². The molecule has 0 aliphatic carbocycles. The molecule has 6 nitrogen and oxygen atoms in total. The molecule has 0 bridgehead atoms. The topological polar surface area (TPSA) is 63.2 Å². The van der Waals surface area contributed by atoms with E-state index in [2.05, 4.69) is 45.0 Å². The van der Waals surface area contributed by atoms with Crippen molar-refractivity contribution >= 4 is 11.6 Å². The molecule has 2 heterocycles. The smallest absolute Gasteiger partial charge is 0.240 e. The molecule has 2 aromatic carbocycles. The third-order valence-corrected chi connectivity index (χ3v) is 5.22. The zero-order valence-corrected chi connectivity index (χ0v) is 16.8. The first-order chi connectivity index (χ1) is 13.8. The predicted molar refractivity (Wildman–Crippen MR) is 115 cm³/mol. The van der Waals surface area contributed by atoms with Crippen molar-refractivity contribution in [3.63, 3.8) is 0 Å². The summed E-state index contributed by atoms with van der Waals surface area (Å²) in [7, 11) is 0. The lowest BCUT2D eigenvalue weighted by Crippen LogP contribution is -2.48. The number of para-hydroxylation sites is 1. The van der Waals surface area contributed by atoms with Crippen molar-refractivity contribution in [3.05, 3.63) is 54.1 Å². The van der Waals surface area contributed by atoms with Gasteiger partial charge in [0.05, 0.1) is 5.69 Å². The largest absolute Gasteiger partial charge is 0.369 e. The summed E-state index contributed by atoms with van der Waals surface area (Å²) in [6.45, 7) is 9.57. The van der Waals surface area contributed by atoms with E-state index in [1.165, 1.54) is 11.3 Å². The lowest BCUT2D eigenvalue weighted by atomic mass is 10.1. The fourth-order valence-corrected chi connectivity index (χ4v) is 3.75. The molecule has 1 aliphatic heterocycles. The molecular formula is C22H28N6. The van der Waals surface area contributed by atoms with Gasteiger partial charge in [-0.15, -0.1) is 5.10 Å². The highest BCUT2D eigenvalue weighted by Gasteiger charge is 2.20. The summed E-state index contributed by atoms with van der Waals surface area (Å²) in [6, 6.07) is 15.9. The monoisotopic (exact) mass is 377 g/mol. The third kappa shape index (κ3) is 3.73. The van der Waals surface area contributed by atoms with E-state index in [4.69, 9.17) is 7.10 Å². The van der Waals surface area contributed by atoms with Crippen molar-refractivity contribution in [2.45, 2.75) is 26.8 Å². The Kier molecular flexibility index (Phi) is 4.71. The third-order valence-electron chi connectivity index (χ3n) is 5.22. The van der Waals surface area contributed by atoms with Crippen LogP contribution in [0.4, 0.5) is 11.6 Å². The second kappa shape index (κ2) is 7.64. The quantitative estimate of drug-likeness (QED) is 0.755. The van der Waals surface area contributed by atoms with Crippen molar-refractivity contribution in [2.24, 2.45) is 0 Å². The van der Waals surface area contributed by atoms with E-state index in [-0.39, 0.29) is 5.95 Å². The van der Waals surface area contributed by atoms with Gasteiger partial charge < -0.3 is 10.6 Å². The maximum atomic E-state index is 8.26. The Labute approximate surface area is 168 Å². The summed E-state index contributed by atoms with van der Waals surface area (Å²) in [5.41, 5.74) is 10.2. The molecule has 4 rings (SSSR count). The number of piperazine rings is 1. The fraction of sp³-hybridized carbons (Fsp3) is 0.364. The van der Waals surface area contributed by atoms with Crippen molar-refractivity contribution < 1.29 is 1.37 Å². The Morgan fingerprint density at radius 3 is 2.39 bits per heavy atom. The number of hydrogen-bond donors (Lipinski definition) is 1. The molecule has 28 heavy (non-hydrogen) atoms. The van der Waals surface area contributed by atoms with Crippen LogP contribution in [-0.4, -0.2) is 51.9 Å². The first-order valence-electron chi connectivity index (χ1n) is 10.2. The van der Waals surface area contributed by atoms with Gasteiger partial charge >= 0.3 is 0 Å². The zero-order valence-electron chi connectivity index (χ0n) is 17.8. The normalized spacial score (nSPS) is 16.2. The molecule has 0 saturated carbocycles. The molecule has 2 N–H and O–H groups in total. The highest BCUT2D eigenvalue weighted by atomic mass is 15.4. The number of anilines is 2. The van der Waals surface area contributed by atoms with E-state index < -0.39 is 6.02 Å². The summed E-state index contributed by atoms with van der Waals surface area (Å²) in [5, 5.41) is 4.41. The van der Waals surface area contributed by atoms with Crippen molar-refractivity contribution in [3.8, 4) is 17.1 Å². The minimum absolute atomic E-state index is 0.262. The fourth-order valence-electron chi connectivity index (χ4n) is 3.75. The number of nitrogen functional groups attached to an aromatic ring is 1. The van der Waals surface area contributed by atoms with Gasteiger partial charge in [-0.1, -0.05) is 18.2 Å². The number of aryl methyl sites for hydroxylation is 1. The molecule has 0 unspecified atom stereocenters. The minimum atomic E-state index is -0.534. The van der Waals surface area contributed by atoms with Crippen LogP contribution in [0, 0.1) is 6.92 Å². The average molecular weight is 378 g/mol. The highest BCUT2D eigenvalue weighted by molar-refractivity contribution is 5.67. The van der Waals surface area contributed by atoms with E-state index in [9.17, 15) is 0 Å². The summed E-state index contributed by atoms with van der Waals surface area (Å²) >= 11 is 0. The van der Waals surface area contributed by atoms with Crippen LogP contribution in [0.5, 0.6) is 0 Å². The van der Waals surface area contributed by atoms with Crippen LogP contribution in [0.15, 0.2) is 48.5 Å². The summed E-state index contributed by atoms with van der Waals surface area (Å²) < 4.78 is 10.1. The van der Waals surface area contributed by atoms with E-state index in [1.807, 2.05) is 44.2 Å². The summed E-state index contributed by atoms with van der Waals surface area (Å²) in [6.07, 6.45) is 0. The summed E-state index contributed by atoms with van der Waals surface area (Å²) in [5.74, 6) is 1.00. The standard InChI is InChI=1S/C22H28N6/c1-16(2)26-9-11-27(12-10-26)20-14-17(3)13-18(15-20)21-24-22(23)25-28(21)19-7-5-4-6-8-19/h4-8,13-16H,9-12H2,1-3H3,(H2,23,25)/i16D. The maximum absolute atomic E-state index is 8.26. The molecule has 1 aliphatic rings. The van der Waals surface area contributed by atoms with Gasteiger partial charge in [-0.3, -0.25) is 4.90 Å². The molecule has 1 aromatic heterocycles. The molecule has 6 heteroatoms. The number of benzene rings is 2. The molecule has 1 fully saturated rings. The number of aromatic nitrogens is 3. The Balaban J connectivity index is 1.66. The van der Waals surface area contributed by atoms with E-state index >= 15 is 0 Å². The minimum Gasteiger partial charge on any atom is -0.369 e. The molecule has 0 spiro atoms. The van der Waals surface area contributed by atoms with Crippen LogP contribution < -0.4 is 10.6 Å². The van der Waals surface area contributed by atoms with Crippen LogP contribution in [0.1, 0.15) is 20.8 Å². The molecule has 1 saturated heterocycles. The van der Waals surface area contributed by atoms with E-state index in [0.717, 1.165) is 43.3 Å². The lowest BCUT2D eigenvalue weighted by molar-refractivity contribution is 0.209. The van der Waals surface area contributed by atoms with Crippen molar-refractivity contribution in [1.82, 2.24) is 19.7 Å². The van der Waals surface area contributed by atoms with Crippen LogP contribution in [0.25, 0.3) is 17.1 Å². The van der Waals surface area contributed by atoms with Gasteiger partial charge in [0.25, 0.3) is 0 Å². The second-order valence-corrected chi connectivity index (χ2v) is 7.52.